The predicted molar refractivity (Wildman–Crippen MR) is 43.4 cm³/mol. The largest absolute Gasteiger partial charge is 0.0991 e. The Morgan fingerprint density at radius 2 is 1.89 bits per heavy atom. The van der Waals surface area contributed by atoms with E-state index in [0.717, 1.165) is 5.92 Å². The molecule has 0 heterocycles. The van der Waals surface area contributed by atoms with Crippen LogP contribution in [0.5, 0.6) is 0 Å². The first-order valence-electron chi connectivity index (χ1n) is 3.64. The molecule has 0 saturated carbocycles. The molecule has 0 bridgehead atoms. The van der Waals surface area contributed by atoms with Crippen molar-refractivity contribution < 1.29 is 0 Å². The second kappa shape index (κ2) is 5.61. The minimum absolute atomic E-state index is 0.753. The molecule has 0 nitrogen and oxygen atoms in total. The van der Waals surface area contributed by atoms with E-state index >= 15 is 0 Å². The first-order chi connectivity index (χ1) is 4.35. The van der Waals surface area contributed by atoms with Crippen LogP contribution in [0.2, 0.25) is 0 Å². The molecule has 0 spiro atoms. The lowest BCUT2D eigenvalue weighted by molar-refractivity contribution is 0.606. The quantitative estimate of drug-likeness (QED) is 0.505. The van der Waals surface area contributed by atoms with Crippen LogP contribution in [0.4, 0.5) is 0 Å². The van der Waals surface area contributed by atoms with E-state index in [1.54, 1.807) is 0 Å². The summed E-state index contributed by atoms with van der Waals surface area (Å²) in [6.45, 7) is 8.03. The van der Waals surface area contributed by atoms with Gasteiger partial charge < -0.3 is 0 Å². The van der Waals surface area contributed by atoms with Crippen LogP contribution in [0.1, 0.15) is 26.7 Å². The average molecular weight is 124 g/mol. The van der Waals surface area contributed by atoms with E-state index in [1.165, 1.54) is 12.8 Å². The first kappa shape index (κ1) is 8.48. The fourth-order valence-electron chi connectivity index (χ4n) is 0.797. The normalized spacial score (nSPS) is 11.0. The second-order valence-corrected chi connectivity index (χ2v) is 2.20. The highest BCUT2D eigenvalue weighted by atomic mass is 14.0. The molecular formula is C9H16. The smallest absolute Gasteiger partial charge is 0.0236 e. The topological polar surface area (TPSA) is 0 Å². The Bertz CT molecular complexity index is 86.2. The maximum absolute atomic E-state index is 3.61. The fraction of sp³-hybridized carbons (Fsp3) is 0.556. The van der Waals surface area contributed by atoms with Gasteiger partial charge in [0, 0.05) is 0 Å². The molecule has 0 aromatic heterocycles. The number of hydrogen-bond donors (Lipinski definition) is 0. The molecule has 0 aromatic rings. The van der Waals surface area contributed by atoms with Gasteiger partial charge in [-0.15, -0.1) is 0 Å². The molecule has 0 heteroatoms. The molecule has 0 unspecified atom stereocenters. The minimum Gasteiger partial charge on any atom is -0.0991 e. The third-order valence-electron chi connectivity index (χ3n) is 1.57. The first-order valence-corrected chi connectivity index (χ1v) is 3.64. The Morgan fingerprint density at radius 3 is 2.22 bits per heavy atom. The van der Waals surface area contributed by atoms with E-state index in [0.29, 0.717) is 0 Å². The van der Waals surface area contributed by atoms with Crippen LogP contribution in [0.15, 0.2) is 24.8 Å². The summed E-state index contributed by atoms with van der Waals surface area (Å²) in [5.74, 6) is 0.753. The lowest BCUT2D eigenvalue weighted by Gasteiger charge is -2.02. The van der Waals surface area contributed by atoms with Crippen LogP contribution in [-0.4, -0.2) is 0 Å². The zero-order chi connectivity index (χ0) is 7.11. The molecule has 52 valence electrons. The molecular weight excluding hydrogens is 108 g/mol. The van der Waals surface area contributed by atoms with Gasteiger partial charge in [0.1, 0.15) is 0 Å². The van der Waals surface area contributed by atoms with E-state index in [4.69, 9.17) is 0 Å². The van der Waals surface area contributed by atoms with Crippen LogP contribution in [0, 0.1) is 5.92 Å². The third-order valence-corrected chi connectivity index (χ3v) is 1.57. The summed E-state index contributed by atoms with van der Waals surface area (Å²) in [6, 6.07) is 0. The summed E-state index contributed by atoms with van der Waals surface area (Å²) in [5.41, 5.74) is 0. The molecule has 0 radical (unpaired) electrons. The number of rotatable bonds is 4. The molecule has 0 atom stereocenters. The van der Waals surface area contributed by atoms with Crippen molar-refractivity contribution in [1.82, 2.24) is 0 Å². The molecule has 0 aliphatic carbocycles. The van der Waals surface area contributed by atoms with Crippen LogP contribution in [0.25, 0.3) is 0 Å². The van der Waals surface area contributed by atoms with Gasteiger partial charge in [-0.3, -0.25) is 0 Å². The van der Waals surface area contributed by atoms with Crippen molar-refractivity contribution in [2.45, 2.75) is 26.7 Å². The van der Waals surface area contributed by atoms with Gasteiger partial charge in [0.25, 0.3) is 0 Å². The van der Waals surface area contributed by atoms with Crippen molar-refractivity contribution in [1.29, 1.82) is 0 Å². The molecule has 0 aliphatic heterocycles. The fourth-order valence-corrected chi connectivity index (χ4v) is 0.797. The molecule has 9 heavy (non-hydrogen) atoms. The highest BCUT2D eigenvalue weighted by Crippen LogP contribution is 2.08. The Balaban J connectivity index is 3.53. The maximum atomic E-state index is 3.61. The van der Waals surface area contributed by atoms with Crippen molar-refractivity contribution in [3.8, 4) is 0 Å². The standard InChI is InChI=1S/C9H16/c1-4-7-8-9(5-2)6-3/h4,7-9H,1,5-6H2,2-3H3. The SMILES string of the molecule is C=CC=CC(CC)CC. The molecule has 0 N–H and O–H groups in total. The van der Waals surface area contributed by atoms with Crippen LogP contribution in [0.3, 0.4) is 0 Å². The number of allylic oxidation sites excluding steroid dienone is 3. The van der Waals surface area contributed by atoms with Crippen molar-refractivity contribution in [3.63, 3.8) is 0 Å². The summed E-state index contributed by atoms with van der Waals surface area (Å²) in [4.78, 5) is 0. The summed E-state index contributed by atoms with van der Waals surface area (Å²) in [6.07, 6.45) is 8.55. The van der Waals surface area contributed by atoms with Gasteiger partial charge in [-0.05, 0) is 18.8 Å². The van der Waals surface area contributed by atoms with Crippen LogP contribution < -0.4 is 0 Å². The summed E-state index contributed by atoms with van der Waals surface area (Å²) in [7, 11) is 0. The van der Waals surface area contributed by atoms with E-state index in [1.807, 2.05) is 12.2 Å². The Labute approximate surface area is 58.3 Å². The zero-order valence-corrected chi connectivity index (χ0v) is 6.43. The summed E-state index contributed by atoms with van der Waals surface area (Å²) in [5, 5.41) is 0. The van der Waals surface area contributed by atoms with Crippen LogP contribution in [-0.2, 0) is 0 Å². The van der Waals surface area contributed by atoms with E-state index in [9.17, 15) is 0 Å². The predicted octanol–water partition coefficient (Wildman–Crippen LogP) is 3.16. The third kappa shape index (κ3) is 4.01. The van der Waals surface area contributed by atoms with Gasteiger partial charge >= 0.3 is 0 Å². The molecule has 0 saturated heterocycles. The molecule has 0 aliphatic rings. The average Bonchev–Trinajstić information content (AvgIpc) is 1.91. The lowest BCUT2D eigenvalue weighted by Crippen LogP contribution is -1.89. The minimum atomic E-state index is 0.753. The maximum Gasteiger partial charge on any atom is -0.0236 e. The van der Waals surface area contributed by atoms with E-state index in [-0.39, 0.29) is 0 Å². The highest BCUT2D eigenvalue weighted by molar-refractivity contribution is 4.99. The van der Waals surface area contributed by atoms with Gasteiger partial charge in [-0.1, -0.05) is 38.7 Å². The summed E-state index contributed by atoms with van der Waals surface area (Å²) < 4.78 is 0. The number of hydrogen-bond acceptors (Lipinski definition) is 0. The van der Waals surface area contributed by atoms with Crippen molar-refractivity contribution in [2.24, 2.45) is 5.92 Å². The van der Waals surface area contributed by atoms with Gasteiger partial charge in [0.2, 0.25) is 0 Å². The van der Waals surface area contributed by atoms with E-state index < -0.39 is 0 Å². The summed E-state index contributed by atoms with van der Waals surface area (Å²) >= 11 is 0. The molecule has 0 fully saturated rings. The van der Waals surface area contributed by atoms with Gasteiger partial charge in [0.05, 0.1) is 0 Å². The molecule has 0 amide bonds. The van der Waals surface area contributed by atoms with Gasteiger partial charge in [-0.25, -0.2) is 0 Å². The zero-order valence-electron chi connectivity index (χ0n) is 6.43. The second-order valence-electron chi connectivity index (χ2n) is 2.20. The van der Waals surface area contributed by atoms with Gasteiger partial charge in [-0.2, -0.15) is 0 Å². The Hall–Kier alpha value is -0.520. The molecule has 0 aromatic carbocycles. The van der Waals surface area contributed by atoms with Crippen LogP contribution >= 0.6 is 0 Å². The Morgan fingerprint density at radius 1 is 1.33 bits per heavy atom. The van der Waals surface area contributed by atoms with Crippen molar-refractivity contribution in [3.05, 3.63) is 24.8 Å². The van der Waals surface area contributed by atoms with Gasteiger partial charge in [0.15, 0.2) is 0 Å². The monoisotopic (exact) mass is 124 g/mol. The Kier molecular flexibility index (Phi) is 5.29. The lowest BCUT2D eigenvalue weighted by atomic mass is 10.0. The molecule has 0 rings (SSSR count). The van der Waals surface area contributed by atoms with Crippen molar-refractivity contribution in [2.75, 3.05) is 0 Å². The van der Waals surface area contributed by atoms with E-state index in [2.05, 4.69) is 26.5 Å². The highest BCUT2D eigenvalue weighted by Gasteiger charge is 1.93. The van der Waals surface area contributed by atoms with Crippen molar-refractivity contribution >= 4 is 0 Å².